The fourth-order valence-electron chi connectivity index (χ4n) is 2.05. The molecule has 0 bridgehead atoms. The molecule has 114 valence electrons. The molecular weight excluding hydrogens is 272 g/mol. The Balaban J connectivity index is 2.28. The van der Waals surface area contributed by atoms with Gasteiger partial charge >= 0.3 is 7.12 Å². The highest BCUT2D eigenvalue weighted by Crippen LogP contribution is 2.38. The van der Waals surface area contributed by atoms with E-state index in [-0.39, 0.29) is 12.3 Å². The summed E-state index contributed by atoms with van der Waals surface area (Å²) in [7, 11) is -0.633. The molecule has 1 aromatic rings. The number of benzene rings is 1. The van der Waals surface area contributed by atoms with E-state index in [1.807, 2.05) is 27.7 Å². The van der Waals surface area contributed by atoms with E-state index >= 15 is 0 Å². The van der Waals surface area contributed by atoms with E-state index in [2.05, 4.69) is 0 Å². The molecule has 1 aliphatic rings. The molecule has 0 aromatic heterocycles. The predicted molar refractivity (Wildman–Crippen MR) is 82.0 cm³/mol. The number of hydrogen-bond acceptors (Lipinski definition) is 4. The van der Waals surface area contributed by atoms with E-state index in [0.29, 0.717) is 11.0 Å². The maximum absolute atomic E-state index is 13.2. The maximum atomic E-state index is 13.2. The molecule has 0 aliphatic carbocycles. The van der Waals surface area contributed by atoms with Crippen LogP contribution in [0.2, 0.25) is 0 Å². The number of aliphatic hydroxyl groups is 1. The zero-order valence-electron chi connectivity index (χ0n) is 12.8. The highest BCUT2D eigenvalue weighted by molar-refractivity contribution is 6.55. The van der Waals surface area contributed by atoms with E-state index in [0.717, 1.165) is 0 Å². The van der Waals surface area contributed by atoms with Crippen LogP contribution in [0.1, 0.15) is 33.3 Å². The van der Waals surface area contributed by atoms with Crippen molar-refractivity contribution < 1.29 is 18.8 Å². The van der Waals surface area contributed by atoms with Gasteiger partial charge in [-0.15, -0.1) is 0 Å². The lowest BCUT2D eigenvalue weighted by molar-refractivity contribution is 0.00578. The van der Waals surface area contributed by atoms with Crippen molar-refractivity contribution in [1.82, 2.24) is 0 Å². The van der Waals surface area contributed by atoms with Crippen molar-refractivity contribution in [2.45, 2.75) is 38.9 Å². The van der Waals surface area contributed by atoms with E-state index in [1.165, 1.54) is 12.1 Å². The molecular formula is C15H21BFNO3. The molecule has 4 nitrogen and oxygen atoms in total. The van der Waals surface area contributed by atoms with Gasteiger partial charge in [-0.2, -0.15) is 0 Å². The van der Waals surface area contributed by atoms with Crippen LogP contribution in [0.25, 0.3) is 6.08 Å². The van der Waals surface area contributed by atoms with Crippen molar-refractivity contribution in [2.24, 2.45) is 0 Å². The third-order valence-corrected chi connectivity index (χ3v) is 4.11. The molecule has 0 amide bonds. The van der Waals surface area contributed by atoms with E-state index < -0.39 is 24.1 Å². The fourth-order valence-corrected chi connectivity index (χ4v) is 2.05. The number of hydrogen-bond donors (Lipinski definition) is 2. The first kappa shape index (κ1) is 16.0. The molecule has 1 heterocycles. The van der Waals surface area contributed by atoms with E-state index in [9.17, 15) is 9.50 Å². The normalized spacial score (nSPS) is 20.9. The lowest BCUT2D eigenvalue weighted by Crippen LogP contribution is -2.41. The van der Waals surface area contributed by atoms with Gasteiger partial charge in [0.1, 0.15) is 5.82 Å². The molecule has 1 saturated heterocycles. The molecule has 0 saturated carbocycles. The molecule has 1 aromatic carbocycles. The van der Waals surface area contributed by atoms with Gasteiger partial charge in [0.05, 0.1) is 23.5 Å². The van der Waals surface area contributed by atoms with Crippen LogP contribution >= 0.6 is 0 Å². The van der Waals surface area contributed by atoms with Gasteiger partial charge in [-0.3, -0.25) is 0 Å². The Hall–Kier alpha value is -1.37. The second-order valence-corrected chi connectivity index (χ2v) is 6.25. The van der Waals surface area contributed by atoms with Gasteiger partial charge in [-0.05, 0) is 50.9 Å². The standard InChI is InChI=1S/C15H21BFNO3/c1-14(2)15(3,4)21-16(20-14)11(9-19)7-10-5-6-12(17)13(18)8-10/h5-8,19H,9,18H2,1-4H3. The highest BCUT2D eigenvalue weighted by atomic mass is 19.1. The summed E-state index contributed by atoms with van der Waals surface area (Å²) in [5.74, 6) is -0.465. The largest absolute Gasteiger partial charge is 0.492 e. The quantitative estimate of drug-likeness (QED) is 0.663. The van der Waals surface area contributed by atoms with Crippen LogP contribution in [0.15, 0.2) is 23.7 Å². The average molecular weight is 293 g/mol. The number of nitrogen functional groups attached to an aromatic ring is 1. The summed E-state index contributed by atoms with van der Waals surface area (Å²) < 4.78 is 25.0. The summed E-state index contributed by atoms with van der Waals surface area (Å²) in [5.41, 5.74) is 5.91. The van der Waals surface area contributed by atoms with Crippen LogP contribution in [0.5, 0.6) is 0 Å². The first-order valence-electron chi connectivity index (χ1n) is 6.88. The minimum Gasteiger partial charge on any atom is -0.400 e. The maximum Gasteiger partial charge on any atom is 0.492 e. The first-order chi connectivity index (χ1) is 9.66. The van der Waals surface area contributed by atoms with Gasteiger partial charge in [0, 0.05) is 0 Å². The van der Waals surface area contributed by atoms with Crippen molar-refractivity contribution in [3.05, 3.63) is 35.1 Å². The Morgan fingerprint density at radius 2 is 1.86 bits per heavy atom. The van der Waals surface area contributed by atoms with Crippen LogP contribution in [-0.2, 0) is 9.31 Å². The van der Waals surface area contributed by atoms with Crippen molar-refractivity contribution >= 4 is 18.9 Å². The van der Waals surface area contributed by atoms with Crippen LogP contribution in [0.4, 0.5) is 10.1 Å². The van der Waals surface area contributed by atoms with E-state index in [1.54, 1.807) is 12.1 Å². The molecule has 0 spiro atoms. The number of aliphatic hydroxyl groups excluding tert-OH is 1. The van der Waals surface area contributed by atoms with Gasteiger partial charge in [-0.1, -0.05) is 12.1 Å². The van der Waals surface area contributed by atoms with Gasteiger partial charge in [0.15, 0.2) is 0 Å². The lowest BCUT2D eigenvalue weighted by Gasteiger charge is -2.32. The molecule has 3 N–H and O–H groups in total. The van der Waals surface area contributed by atoms with Crippen LogP contribution in [0.3, 0.4) is 0 Å². The summed E-state index contributed by atoms with van der Waals surface area (Å²) in [5, 5.41) is 9.58. The highest BCUT2D eigenvalue weighted by Gasteiger charge is 2.52. The van der Waals surface area contributed by atoms with Crippen molar-refractivity contribution in [2.75, 3.05) is 12.3 Å². The summed E-state index contributed by atoms with van der Waals surface area (Å²) in [4.78, 5) is 0. The summed E-state index contributed by atoms with van der Waals surface area (Å²) in [6.45, 7) is 7.56. The smallest absolute Gasteiger partial charge is 0.400 e. The third kappa shape index (κ3) is 3.12. The Morgan fingerprint density at radius 1 is 1.29 bits per heavy atom. The molecule has 1 fully saturated rings. The molecule has 21 heavy (non-hydrogen) atoms. The monoisotopic (exact) mass is 293 g/mol. The topological polar surface area (TPSA) is 64.7 Å². The van der Waals surface area contributed by atoms with Crippen LogP contribution in [-0.4, -0.2) is 30.0 Å². The Labute approximate surface area is 124 Å². The lowest BCUT2D eigenvalue weighted by atomic mass is 9.77. The Morgan fingerprint density at radius 3 is 2.33 bits per heavy atom. The van der Waals surface area contributed by atoms with E-state index in [4.69, 9.17) is 15.0 Å². The first-order valence-corrected chi connectivity index (χ1v) is 6.88. The molecule has 0 unspecified atom stereocenters. The third-order valence-electron chi connectivity index (χ3n) is 4.11. The summed E-state index contributed by atoms with van der Waals surface area (Å²) >= 11 is 0. The predicted octanol–water partition coefficient (Wildman–Crippen LogP) is 2.42. The van der Waals surface area contributed by atoms with Gasteiger partial charge in [-0.25, -0.2) is 4.39 Å². The Bertz CT molecular complexity index is 556. The molecule has 1 aliphatic heterocycles. The van der Waals surface area contributed by atoms with Gasteiger partial charge in [0.25, 0.3) is 0 Å². The number of rotatable bonds is 3. The SMILES string of the molecule is CC1(C)OB(C(=Cc2ccc(F)c(N)c2)CO)OC1(C)C. The number of nitrogens with two attached hydrogens (primary N) is 1. The van der Waals surface area contributed by atoms with Crippen LogP contribution < -0.4 is 5.73 Å². The molecule has 0 radical (unpaired) electrons. The van der Waals surface area contributed by atoms with Crippen molar-refractivity contribution in [3.8, 4) is 0 Å². The second-order valence-electron chi connectivity index (χ2n) is 6.25. The molecule has 6 heteroatoms. The van der Waals surface area contributed by atoms with Crippen molar-refractivity contribution in [1.29, 1.82) is 0 Å². The van der Waals surface area contributed by atoms with Gasteiger partial charge < -0.3 is 20.1 Å². The minimum absolute atomic E-state index is 0.0648. The second kappa shape index (κ2) is 5.44. The Kier molecular flexibility index (Phi) is 4.15. The minimum atomic E-state index is -0.633. The summed E-state index contributed by atoms with van der Waals surface area (Å²) in [6.07, 6.45) is 1.71. The number of anilines is 1. The van der Waals surface area contributed by atoms with Crippen molar-refractivity contribution in [3.63, 3.8) is 0 Å². The molecule has 0 atom stereocenters. The van der Waals surface area contributed by atoms with Crippen LogP contribution in [0, 0.1) is 5.82 Å². The van der Waals surface area contributed by atoms with Gasteiger partial charge in [0.2, 0.25) is 0 Å². The fraction of sp³-hybridized carbons (Fsp3) is 0.467. The summed E-state index contributed by atoms with van der Waals surface area (Å²) in [6, 6.07) is 4.39. The average Bonchev–Trinajstić information content (AvgIpc) is 2.59. The molecule has 2 rings (SSSR count). The zero-order valence-corrected chi connectivity index (χ0v) is 12.8. The number of halogens is 1. The zero-order chi connectivity index (χ0) is 15.8.